The van der Waals surface area contributed by atoms with E-state index >= 15 is 0 Å². The third-order valence-corrected chi connectivity index (χ3v) is 3.20. The fourth-order valence-electron chi connectivity index (χ4n) is 1.92. The number of hydrogen-bond donors (Lipinski definition) is 4. The number of nitrogens with one attached hydrogen (secondary N) is 2. The van der Waals surface area contributed by atoms with E-state index < -0.39 is 18.1 Å². The van der Waals surface area contributed by atoms with Gasteiger partial charge < -0.3 is 26.4 Å². The highest BCUT2D eigenvalue weighted by Crippen LogP contribution is 2.18. The first-order chi connectivity index (χ1) is 8.58. The van der Waals surface area contributed by atoms with Gasteiger partial charge in [0.15, 0.2) is 0 Å². The van der Waals surface area contributed by atoms with Crippen LogP contribution in [-0.2, 0) is 4.79 Å². The van der Waals surface area contributed by atoms with Crippen LogP contribution in [0.2, 0.25) is 0 Å². The van der Waals surface area contributed by atoms with Crippen molar-refractivity contribution in [2.24, 2.45) is 5.73 Å². The molecule has 1 aliphatic heterocycles. The van der Waals surface area contributed by atoms with Crippen molar-refractivity contribution in [3.63, 3.8) is 0 Å². The largest absolute Gasteiger partial charge is 0.382 e. The molecular formula is C11H21ClN4O3. The van der Waals surface area contributed by atoms with Crippen molar-refractivity contribution < 1.29 is 14.7 Å². The Kier molecular flexibility index (Phi) is 5.84. The van der Waals surface area contributed by atoms with Crippen LogP contribution >= 0.6 is 12.4 Å². The van der Waals surface area contributed by atoms with E-state index in [1.807, 2.05) is 0 Å². The average molecular weight is 293 g/mol. The molecule has 1 unspecified atom stereocenters. The van der Waals surface area contributed by atoms with Gasteiger partial charge in [-0.3, -0.25) is 4.79 Å². The van der Waals surface area contributed by atoms with Gasteiger partial charge in [0.2, 0.25) is 0 Å². The molecule has 1 aliphatic carbocycles. The SMILES string of the molecule is Cl.N[C@@H](CN1CCCNC1=O)C(O)C(=O)NC1CC1. The normalized spacial score (nSPS) is 22.0. The quantitative estimate of drug-likeness (QED) is 0.510. The van der Waals surface area contributed by atoms with Gasteiger partial charge in [0.25, 0.3) is 5.91 Å². The number of aliphatic hydroxyl groups is 1. The standard InChI is InChI=1S/C11H20N4O3.ClH/c12-8(6-15-5-1-4-13-11(15)18)9(16)10(17)14-7-2-3-7;/h7-9,16H,1-6,12H2,(H,13,18)(H,14,17);1H/t8-,9?;/m0./s1. The predicted octanol–water partition coefficient (Wildman–Crippen LogP) is -1.21. The molecule has 2 fully saturated rings. The van der Waals surface area contributed by atoms with Gasteiger partial charge in [-0.1, -0.05) is 0 Å². The molecule has 8 heteroatoms. The summed E-state index contributed by atoms with van der Waals surface area (Å²) >= 11 is 0. The van der Waals surface area contributed by atoms with Crippen molar-refractivity contribution >= 4 is 24.3 Å². The number of urea groups is 1. The van der Waals surface area contributed by atoms with Gasteiger partial charge in [-0.15, -0.1) is 12.4 Å². The molecule has 2 atom stereocenters. The molecule has 5 N–H and O–H groups in total. The Morgan fingerprint density at radius 2 is 2.26 bits per heavy atom. The number of rotatable bonds is 5. The number of carbonyl (C=O) groups is 2. The van der Waals surface area contributed by atoms with Gasteiger partial charge in [0, 0.05) is 25.7 Å². The van der Waals surface area contributed by atoms with Crippen molar-refractivity contribution in [1.29, 1.82) is 0 Å². The Hall–Kier alpha value is -1.05. The Balaban J connectivity index is 0.00000180. The van der Waals surface area contributed by atoms with Crippen LogP contribution in [-0.4, -0.2) is 59.8 Å². The molecule has 0 bridgehead atoms. The maximum atomic E-state index is 11.6. The second-order valence-electron chi connectivity index (χ2n) is 4.92. The second kappa shape index (κ2) is 6.93. The van der Waals surface area contributed by atoms with E-state index in [1.165, 1.54) is 4.90 Å². The van der Waals surface area contributed by atoms with Gasteiger partial charge >= 0.3 is 6.03 Å². The number of nitrogens with two attached hydrogens (primary N) is 1. The lowest BCUT2D eigenvalue weighted by atomic mass is 10.1. The fourth-order valence-corrected chi connectivity index (χ4v) is 1.92. The van der Waals surface area contributed by atoms with Crippen LogP contribution < -0.4 is 16.4 Å². The molecule has 2 rings (SSSR count). The van der Waals surface area contributed by atoms with Gasteiger partial charge in [0.1, 0.15) is 6.10 Å². The second-order valence-corrected chi connectivity index (χ2v) is 4.92. The highest BCUT2D eigenvalue weighted by molar-refractivity contribution is 5.85. The molecule has 0 aromatic rings. The Labute approximate surface area is 118 Å². The zero-order chi connectivity index (χ0) is 13.1. The summed E-state index contributed by atoms with van der Waals surface area (Å²) in [6.07, 6.45) is 1.51. The molecule has 2 aliphatic rings. The van der Waals surface area contributed by atoms with E-state index in [4.69, 9.17) is 5.73 Å². The first-order valence-electron chi connectivity index (χ1n) is 6.34. The number of hydrogen-bond acceptors (Lipinski definition) is 4. The van der Waals surface area contributed by atoms with Crippen LogP contribution in [0.4, 0.5) is 4.79 Å². The fraction of sp³-hybridized carbons (Fsp3) is 0.818. The highest BCUT2D eigenvalue weighted by atomic mass is 35.5. The number of aliphatic hydroxyl groups excluding tert-OH is 1. The van der Waals surface area contributed by atoms with Crippen molar-refractivity contribution in [2.75, 3.05) is 19.6 Å². The van der Waals surface area contributed by atoms with E-state index in [0.717, 1.165) is 19.3 Å². The van der Waals surface area contributed by atoms with E-state index in [0.29, 0.717) is 13.1 Å². The average Bonchev–Trinajstić information content (AvgIpc) is 3.15. The van der Waals surface area contributed by atoms with Crippen LogP contribution in [0.15, 0.2) is 0 Å². The minimum atomic E-state index is -1.26. The highest BCUT2D eigenvalue weighted by Gasteiger charge is 2.31. The van der Waals surface area contributed by atoms with E-state index in [1.54, 1.807) is 0 Å². The monoisotopic (exact) mass is 292 g/mol. The van der Waals surface area contributed by atoms with Crippen molar-refractivity contribution in [3.8, 4) is 0 Å². The summed E-state index contributed by atoms with van der Waals surface area (Å²) in [7, 11) is 0. The van der Waals surface area contributed by atoms with E-state index in [9.17, 15) is 14.7 Å². The third kappa shape index (κ3) is 4.52. The smallest absolute Gasteiger partial charge is 0.317 e. The van der Waals surface area contributed by atoms with Crippen LogP contribution in [0.25, 0.3) is 0 Å². The van der Waals surface area contributed by atoms with Crippen LogP contribution in [0, 0.1) is 0 Å². The molecule has 19 heavy (non-hydrogen) atoms. The van der Waals surface area contributed by atoms with Crippen LogP contribution in [0.3, 0.4) is 0 Å². The molecule has 1 heterocycles. The zero-order valence-electron chi connectivity index (χ0n) is 10.7. The summed E-state index contributed by atoms with van der Waals surface area (Å²) in [5.74, 6) is -0.442. The first-order valence-corrected chi connectivity index (χ1v) is 6.34. The maximum Gasteiger partial charge on any atom is 0.317 e. The lowest BCUT2D eigenvalue weighted by Crippen LogP contribution is -2.56. The van der Waals surface area contributed by atoms with Gasteiger partial charge in [-0.2, -0.15) is 0 Å². The molecule has 0 radical (unpaired) electrons. The molecular weight excluding hydrogens is 272 g/mol. The zero-order valence-corrected chi connectivity index (χ0v) is 11.5. The lowest BCUT2D eigenvalue weighted by Gasteiger charge is -2.30. The summed E-state index contributed by atoms with van der Waals surface area (Å²) in [5, 5.41) is 15.2. The van der Waals surface area contributed by atoms with E-state index in [-0.39, 0.29) is 31.0 Å². The Morgan fingerprint density at radius 1 is 1.58 bits per heavy atom. The Bertz CT molecular complexity index is 338. The lowest BCUT2D eigenvalue weighted by molar-refractivity contribution is -0.130. The number of halogens is 1. The summed E-state index contributed by atoms with van der Waals surface area (Å²) in [6, 6.07) is -0.753. The summed E-state index contributed by atoms with van der Waals surface area (Å²) in [5.41, 5.74) is 5.77. The molecule has 1 saturated carbocycles. The third-order valence-electron chi connectivity index (χ3n) is 3.20. The molecule has 0 aromatic carbocycles. The Morgan fingerprint density at radius 3 is 2.84 bits per heavy atom. The van der Waals surface area contributed by atoms with Crippen molar-refractivity contribution in [3.05, 3.63) is 0 Å². The predicted molar refractivity (Wildman–Crippen MR) is 72.0 cm³/mol. The molecule has 110 valence electrons. The summed E-state index contributed by atoms with van der Waals surface area (Å²) in [4.78, 5) is 24.6. The minimum absolute atomic E-state index is 0. The molecule has 0 spiro atoms. The number of nitrogens with zero attached hydrogens (tertiary/aromatic N) is 1. The van der Waals surface area contributed by atoms with Gasteiger partial charge in [-0.05, 0) is 19.3 Å². The van der Waals surface area contributed by atoms with Crippen molar-refractivity contribution in [2.45, 2.75) is 37.5 Å². The summed E-state index contributed by atoms with van der Waals surface area (Å²) in [6.45, 7) is 1.46. The summed E-state index contributed by atoms with van der Waals surface area (Å²) < 4.78 is 0. The first kappa shape index (κ1) is 16.0. The van der Waals surface area contributed by atoms with E-state index in [2.05, 4.69) is 10.6 Å². The molecule has 1 saturated heterocycles. The number of amides is 3. The molecule has 0 aromatic heterocycles. The number of carbonyl (C=O) groups excluding carboxylic acids is 2. The van der Waals surface area contributed by atoms with Crippen molar-refractivity contribution in [1.82, 2.24) is 15.5 Å². The van der Waals surface area contributed by atoms with Gasteiger partial charge in [-0.25, -0.2) is 4.79 Å². The van der Waals surface area contributed by atoms with Crippen LogP contribution in [0.5, 0.6) is 0 Å². The topological polar surface area (TPSA) is 108 Å². The molecule has 7 nitrogen and oxygen atoms in total. The van der Waals surface area contributed by atoms with Crippen LogP contribution in [0.1, 0.15) is 19.3 Å². The van der Waals surface area contributed by atoms with Gasteiger partial charge in [0.05, 0.1) is 6.04 Å². The molecule has 3 amide bonds. The maximum absolute atomic E-state index is 11.6. The minimum Gasteiger partial charge on any atom is -0.382 e.